The van der Waals surface area contributed by atoms with Crippen LogP contribution in [0.25, 0.3) is 22.9 Å². The van der Waals surface area contributed by atoms with Crippen LogP contribution < -0.4 is 15.4 Å². The Morgan fingerprint density at radius 2 is 2.10 bits per heavy atom. The van der Waals surface area contributed by atoms with Gasteiger partial charge in [-0.15, -0.1) is 0 Å². The van der Waals surface area contributed by atoms with Gasteiger partial charge in [-0.2, -0.15) is 5.10 Å². The molecule has 0 bridgehead atoms. The molecule has 2 aliphatic heterocycles. The summed E-state index contributed by atoms with van der Waals surface area (Å²) in [5.74, 6) is 3.34. The van der Waals surface area contributed by atoms with Crippen molar-refractivity contribution in [3.05, 3.63) is 24.3 Å². The van der Waals surface area contributed by atoms with Gasteiger partial charge in [0.25, 0.3) is 0 Å². The van der Waals surface area contributed by atoms with Crippen LogP contribution in [0, 0.1) is 6.92 Å². The number of ether oxygens (including phenoxy) is 1. The molecule has 162 valence electrons. The number of anilines is 1. The second-order valence-corrected chi connectivity index (χ2v) is 8.30. The van der Waals surface area contributed by atoms with E-state index in [9.17, 15) is 4.79 Å². The van der Waals surface area contributed by atoms with E-state index < -0.39 is 0 Å². The molecule has 0 radical (unpaired) electrons. The number of nitrogens with zero attached hydrogens (tertiary/aromatic N) is 7. The number of imidazole rings is 1. The summed E-state index contributed by atoms with van der Waals surface area (Å²) >= 11 is 0. The smallest absolute Gasteiger partial charge is 0.240 e. The molecule has 1 saturated heterocycles. The fourth-order valence-electron chi connectivity index (χ4n) is 4.34. The topological polar surface area (TPSA) is 117 Å². The van der Waals surface area contributed by atoms with E-state index in [1.54, 1.807) is 6.20 Å². The summed E-state index contributed by atoms with van der Waals surface area (Å²) in [6.45, 7) is 7.96. The van der Waals surface area contributed by atoms with Crippen molar-refractivity contribution in [2.75, 3.05) is 18.1 Å². The fraction of sp³-hybridized carbons (Fsp3) is 0.476. The van der Waals surface area contributed by atoms with Crippen LogP contribution in [0.1, 0.15) is 38.6 Å². The largest absolute Gasteiger partial charge is 0.491 e. The van der Waals surface area contributed by atoms with Crippen molar-refractivity contribution < 1.29 is 9.53 Å². The second kappa shape index (κ2) is 7.36. The third kappa shape index (κ3) is 3.31. The molecule has 3 aromatic rings. The van der Waals surface area contributed by atoms with Gasteiger partial charge < -0.3 is 19.9 Å². The van der Waals surface area contributed by atoms with Gasteiger partial charge in [0.15, 0.2) is 5.82 Å². The maximum atomic E-state index is 11.8. The first-order chi connectivity index (χ1) is 14.9. The fourth-order valence-corrected chi connectivity index (χ4v) is 4.34. The van der Waals surface area contributed by atoms with Crippen molar-refractivity contribution in [1.82, 2.24) is 29.3 Å². The van der Waals surface area contributed by atoms with Gasteiger partial charge in [-0.1, -0.05) is 0 Å². The minimum atomic E-state index is -0.324. The maximum Gasteiger partial charge on any atom is 0.240 e. The van der Waals surface area contributed by atoms with Crippen molar-refractivity contribution in [2.45, 2.75) is 52.2 Å². The summed E-state index contributed by atoms with van der Waals surface area (Å²) < 4.78 is 9.99. The van der Waals surface area contributed by atoms with Crippen LogP contribution in [-0.2, 0) is 11.3 Å². The molecule has 0 saturated carbocycles. The van der Waals surface area contributed by atoms with Gasteiger partial charge in [0.05, 0.1) is 12.1 Å². The summed E-state index contributed by atoms with van der Waals surface area (Å²) in [5.41, 5.74) is 7.17. The highest BCUT2D eigenvalue weighted by Gasteiger charge is 2.31. The molecular weight excluding hydrogens is 396 g/mol. The molecule has 10 nitrogen and oxygen atoms in total. The van der Waals surface area contributed by atoms with E-state index in [2.05, 4.69) is 33.5 Å². The number of rotatable bonds is 4. The number of hydrogen-bond donors (Lipinski definition) is 1. The molecule has 1 atom stereocenters. The van der Waals surface area contributed by atoms with Crippen molar-refractivity contribution in [3.8, 4) is 28.7 Å². The number of hydrogen-bond acceptors (Lipinski definition) is 7. The Morgan fingerprint density at radius 3 is 2.87 bits per heavy atom. The number of carbonyl (C=O) groups is 1. The van der Waals surface area contributed by atoms with Crippen LogP contribution in [0.4, 0.5) is 5.82 Å². The molecule has 5 heterocycles. The monoisotopic (exact) mass is 422 g/mol. The van der Waals surface area contributed by atoms with E-state index in [-0.39, 0.29) is 18.0 Å². The molecule has 0 aromatic carbocycles. The molecule has 0 spiro atoms. The Labute approximate surface area is 180 Å². The minimum absolute atomic E-state index is 0.177. The van der Waals surface area contributed by atoms with E-state index in [0.29, 0.717) is 24.7 Å². The molecule has 0 aliphatic carbocycles. The first-order valence-corrected chi connectivity index (χ1v) is 10.6. The zero-order valence-electron chi connectivity index (χ0n) is 17.9. The van der Waals surface area contributed by atoms with E-state index in [1.807, 2.05) is 28.8 Å². The van der Waals surface area contributed by atoms with Crippen LogP contribution in [-0.4, -0.2) is 54.4 Å². The maximum absolute atomic E-state index is 11.8. The van der Waals surface area contributed by atoms with Crippen LogP contribution in [0.5, 0.6) is 5.75 Å². The highest BCUT2D eigenvalue weighted by Crippen LogP contribution is 2.36. The van der Waals surface area contributed by atoms with Crippen molar-refractivity contribution in [1.29, 1.82) is 0 Å². The molecule has 1 amide bonds. The molecule has 31 heavy (non-hydrogen) atoms. The average Bonchev–Trinajstić information content (AvgIpc) is 3.44. The van der Waals surface area contributed by atoms with Gasteiger partial charge >= 0.3 is 0 Å². The highest BCUT2D eigenvalue weighted by molar-refractivity contribution is 5.84. The number of pyridine rings is 1. The van der Waals surface area contributed by atoms with E-state index in [4.69, 9.17) is 15.5 Å². The van der Waals surface area contributed by atoms with Gasteiger partial charge in [0, 0.05) is 31.0 Å². The van der Waals surface area contributed by atoms with Gasteiger partial charge in [-0.25, -0.2) is 19.6 Å². The lowest BCUT2D eigenvalue weighted by Crippen LogP contribution is -2.40. The van der Waals surface area contributed by atoms with Crippen molar-refractivity contribution in [3.63, 3.8) is 0 Å². The number of nitrogens with two attached hydrogens (primary N) is 1. The summed E-state index contributed by atoms with van der Waals surface area (Å²) in [4.78, 5) is 27.9. The summed E-state index contributed by atoms with van der Waals surface area (Å²) in [6.07, 6.45) is 5.43. The standard InChI is InChI=1S/C21H26N8O2/c1-12(2)29-21(24-13(3)26-29)15-11-27-7-8-31-17-9-18(23-10-14(17)20(27)25-15)28-6-4-5-16(28)19(22)30/h9-12,16H,4-8H2,1-3H3,(H2,22,30)/t16-/m0/s1. The highest BCUT2D eigenvalue weighted by atomic mass is 16.5. The Kier molecular flexibility index (Phi) is 4.64. The lowest BCUT2D eigenvalue weighted by atomic mass is 10.2. The Morgan fingerprint density at radius 1 is 1.26 bits per heavy atom. The number of aromatic nitrogens is 6. The SMILES string of the molecule is Cc1nc(-c2cn3c(n2)-c2cnc(N4CCC[C@H]4C(N)=O)cc2OCC3)n(C(C)C)n1. The Hall–Kier alpha value is -3.43. The molecule has 10 heteroatoms. The summed E-state index contributed by atoms with van der Waals surface area (Å²) in [7, 11) is 0. The van der Waals surface area contributed by atoms with Crippen LogP contribution in [0.2, 0.25) is 0 Å². The van der Waals surface area contributed by atoms with Gasteiger partial charge in [0.2, 0.25) is 5.91 Å². The van der Waals surface area contributed by atoms with Crippen molar-refractivity contribution in [2.24, 2.45) is 5.73 Å². The number of fused-ring (bicyclic) bond motifs is 3. The molecule has 1 fully saturated rings. The number of aryl methyl sites for hydroxylation is 1. The van der Waals surface area contributed by atoms with E-state index >= 15 is 0 Å². The van der Waals surface area contributed by atoms with Gasteiger partial charge in [0.1, 0.15) is 41.6 Å². The normalized spacial score (nSPS) is 17.9. The van der Waals surface area contributed by atoms with E-state index in [0.717, 1.165) is 48.1 Å². The Balaban J connectivity index is 1.55. The number of primary amides is 1. The number of carbonyl (C=O) groups excluding carboxylic acids is 1. The molecule has 3 aromatic heterocycles. The van der Waals surface area contributed by atoms with E-state index in [1.165, 1.54) is 0 Å². The Bertz CT molecular complexity index is 1150. The molecule has 5 rings (SSSR count). The van der Waals surface area contributed by atoms with Gasteiger partial charge in [-0.05, 0) is 33.6 Å². The third-order valence-corrected chi connectivity index (χ3v) is 5.79. The molecule has 2 N–H and O–H groups in total. The van der Waals surface area contributed by atoms with Crippen LogP contribution in [0.3, 0.4) is 0 Å². The lowest BCUT2D eigenvalue weighted by Gasteiger charge is -2.23. The van der Waals surface area contributed by atoms with Crippen LogP contribution >= 0.6 is 0 Å². The quantitative estimate of drug-likeness (QED) is 0.683. The first kappa shape index (κ1) is 19.5. The first-order valence-electron chi connectivity index (χ1n) is 10.6. The predicted molar refractivity (Wildman–Crippen MR) is 115 cm³/mol. The molecule has 2 aliphatic rings. The summed E-state index contributed by atoms with van der Waals surface area (Å²) in [6, 6.07) is 1.74. The predicted octanol–water partition coefficient (Wildman–Crippen LogP) is 1.94. The minimum Gasteiger partial charge on any atom is -0.491 e. The molecular formula is C21H26N8O2. The lowest BCUT2D eigenvalue weighted by molar-refractivity contribution is -0.119. The zero-order chi connectivity index (χ0) is 21.7. The van der Waals surface area contributed by atoms with Crippen LogP contribution in [0.15, 0.2) is 18.5 Å². The summed E-state index contributed by atoms with van der Waals surface area (Å²) in [5, 5.41) is 4.51. The van der Waals surface area contributed by atoms with Crippen molar-refractivity contribution >= 4 is 11.7 Å². The number of amides is 1. The third-order valence-electron chi connectivity index (χ3n) is 5.79. The molecule has 0 unspecified atom stereocenters. The zero-order valence-corrected chi connectivity index (χ0v) is 17.9. The second-order valence-electron chi connectivity index (χ2n) is 8.30. The van der Waals surface area contributed by atoms with Gasteiger partial charge in [-0.3, -0.25) is 4.79 Å². The average molecular weight is 422 g/mol.